The summed E-state index contributed by atoms with van der Waals surface area (Å²) in [5, 5.41) is 9.65. The van der Waals surface area contributed by atoms with E-state index in [1.165, 1.54) is 0 Å². The number of hydrogen-bond donors (Lipinski definition) is 1. The molecule has 1 aromatic carbocycles. The molecule has 0 amide bonds. The van der Waals surface area contributed by atoms with E-state index in [0.717, 1.165) is 24.8 Å². The van der Waals surface area contributed by atoms with Gasteiger partial charge in [0.1, 0.15) is 0 Å². The van der Waals surface area contributed by atoms with Gasteiger partial charge in [-0.3, -0.25) is 0 Å². The van der Waals surface area contributed by atoms with Crippen molar-refractivity contribution >= 4 is 0 Å². The van der Waals surface area contributed by atoms with Crippen LogP contribution in [0.2, 0.25) is 0 Å². The number of aliphatic hydroxyl groups is 1. The fraction of sp³-hybridized carbons (Fsp3) is 0.455. The first-order valence-electron chi connectivity index (χ1n) is 4.69. The summed E-state index contributed by atoms with van der Waals surface area (Å²) in [5.41, 5.74) is 1.11. The van der Waals surface area contributed by atoms with Crippen LogP contribution in [0.25, 0.3) is 0 Å². The summed E-state index contributed by atoms with van der Waals surface area (Å²) in [6.07, 6.45) is 2.63. The third-order valence-corrected chi connectivity index (χ3v) is 2.49. The van der Waals surface area contributed by atoms with E-state index >= 15 is 0 Å². The molecule has 0 bridgehead atoms. The molecule has 2 heteroatoms. The maximum Gasteiger partial charge on any atom is 0.165 e. The largest absolute Gasteiger partial charge is 0.365 e. The molecule has 70 valence electrons. The lowest BCUT2D eigenvalue weighted by atomic mass is 9.91. The van der Waals surface area contributed by atoms with Gasteiger partial charge < -0.3 is 9.84 Å². The summed E-state index contributed by atoms with van der Waals surface area (Å²) >= 11 is 0. The van der Waals surface area contributed by atoms with Crippen molar-refractivity contribution in [3.63, 3.8) is 0 Å². The van der Waals surface area contributed by atoms with E-state index < -0.39 is 5.79 Å². The van der Waals surface area contributed by atoms with Crippen molar-refractivity contribution in [2.45, 2.75) is 31.7 Å². The molecular formula is C11H14O2. The van der Waals surface area contributed by atoms with Gasteiger partial charge in [-0.15, -0.1) is 0 Å². The number of ether oxygens (including phenoxy) is 1. The van der Waals surface area contributed by atoms with Crippen LogP contribution < -0.4 is 0 Å². The van der Waals surface area contributed by atoms with Crippen molar-refractivity contribution in [3.05, 3.63) is 35.9 Å². The van der Waals surface area contributed by atoms with Crippen molar-refractivity contribution in [2.75, 3.05) is 0 Å². The third-order valence-electron chi connectivity index (χ3n) is 2.49. The Hall–Kier alpha value is -0.860. The molecule has 2 rings (SSSR count). The number of benzene rings is 1. The van der Waals surface area contributed by atoms with Gasteiger partial charge in [-0.1, -0.05) is 30.3 Å². The molecule has 0 radical (unpaired) electrons. The van der Waals surface area contributed by atoms with Gasteiger partial charge in [0.25, 0.3) is 0 Å². The second kappa shape index (κ2) is 3.48. The minimum Gasteiger partial charge on any atom is -0.365 e. The van der Waals surface area contributed by atoms with E-state index in [0.29, 0.717) is 6.61 Å². The molecule has 0 saturated heterocycles. The summed E-state index contributed by atoms with van der Waals surface area (Å²) < 4.78 is 5.41. The molecule has 1 N–H and O–H groups in total. The highest BCUT2D eigenvalue weighted by Gasteiger charge is 2.35. The van der Waals surface area contributed by atoms with E-state index in [1.807, 2.05) is 30.3 Å². The Balaban J connectivity index is 1.86. The zero-order chi connectivity index (χ0) is 9.15. The zero-order valence-electron chi connectivity index (χ0n) is 7.57. The zero-order valence-corrected chi connectivity index (χ0v) is 7.57. The highest BCUT2D eigenvalue weighted by Crippen LogP contribution is 2.33. The highest BCUT2D eigenvalue weighted by atomic mass is 16.6. The van der Waals surface area contributed by atoms with Crippen LogP contribution in [0.4, 0.5) is 0 Å². The third kappa shape index (κ3) is 2.08. The Morgan fingerprint density at radius 1 is 1.23 bits per heavy atom. The number of hydrogen-bond acceptors (Lipinski definition) is 2. The maximum atomic E-state index is 9.65. The first kappa shape index (κ1) is 8.73. The first-order valence-corrected chi connectivity index (χ1v) is 4.69. The Morgan fingerprint density at radius 3 is 2.46 bits per heavy atom. The van der Waals surface area contributed by atoms with Crippen LogP contribution in [0.3, 0.4) is 0 Å². The molecule has 1 aliphatic rings. The van der Waals surface area contributed by atoms with Crippen LogP contribution in [-0.4, -0.2) is 10.9 Å². The molecule has 13 heavy (non-hydrogen) atoms. The highest BCUT2D eigenvalue weighted by molar-refractivity contribution is 5.13. The monoisotopic (exact) mass is 178 g/mol. The minimum absolute atomic E-state index is 0.511. The smallest absolute Gasteiger partial charge is 0.165 e. The van der Waals surface area contributed by atoms with Gasteiger partial charge in [0.15, 0.2) is 5.79 Å². The van der Waals surface area contributed by atoms with Gasteiger partial charge in [-0.25, -0.2) is 0 Å². The van der Waals surface area contributed by atoms with Crippen molar-refractivity contribution in [3.8, 4) is 0 Å². The molecule has 0 spiro atoms. The SMILES string of the molecule is OC1(OCc2ccccc2)CCC1. The lowest BCUT2D eigenvalue weighted by Crippen LogP contribution is -2.39. The Labute approximate surface area is 78.2 Å². The van der Waals surface area contributed by atoms with Gasteiger partial charge in [-0.2, -0.15) is 0 Å². The lowest BCUT2D eigenvalue weighted by Gasteiger charge is -2.36. The van der Waals surface area contributed by atoms with Gasteiger partial charge in [-0.05, 0) is 12.0 Å². The van der Waals surface area contributed by atoms with Gasteiger partial charge in [0, 0.05) is 12.8 Å². The van der Waals surface area contributed by atoms with Crippen LogP contribution >= 0.6 is 0 Å². The second-order valence-electron chi connectivity index (χ2n) is 3.57. The van der Waals surface area contributed by atoms with Crippen LogP contribution in [0.15, 0.2) is 30.3 Å². The standard InChI is InChI=1S/C11H14O2/c12-11(7-4-8-11)13-9-10-5-2-1-3-6-10/h1-3,5-6,12H,4,7-9H2. The fourth-order valence-corrected chi connectivity index (χ4v) is 1.42. The Kier molecular flexibility index (Phi) is 2.34. The van der Waals surface area contributed by atoms with E-state index in [1.54, 1.807) is 0 Å². The van der Waals surface area contributed by atoms with Crippen LogP contribution in [0.1, 0.15) is 24.8 Å². The van der Waals surface area contributed by atoms with Crippen LogP contribution in [0, 0.1) is 0 Å². The molecule has 0 aromatic heterocycles. The predicted molar refractivity (Wildman–Crippen MR) is 50.0 cm³/mol. The summed E-state index contributed by atoms with van der Waals surface area (Å²) in [5.74, 6) is -0.824. The maximum absolute atomic E-state index is 9.65. The Morgan fingerprint density at radius 2 is 1.92 bits per heavy atom. The molecule has 2 nitrogen and oxygen atoms in total. The van der Waals surface area contributed by atoms with Gasteiger partial charge in [0.2, 0.25) is 0 Å². The fourth-order valence-electron chi connectivity index (χ4n) is 1.42. The molecule has 1 aliphatic carbocycles. The van der Waals surface area contributed by atoms with E-state index in [2.05, 4.69) is 0 Å². The lowest BCUT2D eigenvalue weighted by molar-refractivity contribution is -0.253. The van der Waals surface area contributed by atoms with Crippen molar-refractivity contribution in [1.29, 1.82) is 0 Å². The van der Waals surface area contributed by atoms with E-state index in [9.17, 15) is 5.11 Å². The Bertz CT molecular complexity index is 265. The predicted octanol–water partition coefficient (Wildman–Crippen LogP) is 2.08. The molecular weight excluding hydrogens is 164 g/mol. The molecule has 1 aromatic rings. The van der Waals surface area contributed by atoms with Crippen LogP contribution in [-0.2, 0) is 11.3 Å². The summed E-state index contributed by atoms with van der Waals surface area (Å²) in [4.78, 5) is 0. The number of rotatable bonds is 3. The second-order valence-corrected chi connectivity index (χ2v) is 3.57. The normalized spacial score (nSPS) is 19.5. The summed E-state index contributed by atoms with van der Waals surface area (Å²) in [6, 6.07) is 9.93. The average molecular weight is 178 g/mol. The molecule has 0 heterocycles. The molecule has 0 atom stereocenters. The van der Waals surface area contributed by atoms with Gasteiger partial charge >= 0.3 is 0 Å². The first-order chi connectivity index (χ1) is 6.29. The summed E-state index contributed by atoms with van der Waals surface area (Å²) in [7, 11) is 0. The molecule has 0 aliphatic heterocycles. The minimum atomic E-state index is -0.824. The topological polar surface area (TPSA) is 29.5 Å². The van der Waals surface area contributed by atoms with Gasteiger partial charge in [0.05, 0.1) is 6.61 Å². The van der Waals surface area contributed by atoms with Crippen molar-refractivity contribution in [2.24, 2.45) is 0 Å². The molecule has 1 fully saturated rings. The van der Waals surface area contributed by atoms with Crippen molar-refractivity contribution < 1.29 is 9.84 Å². The van der Waals surface area contributed by atoms with E-state index in [4.69, 9.17) is 4.74 Å². The van der Waals surface area contributed by atoms with Crippen molar-refractivity contribution in [1.82, 2.24) is 0 Å². The molecule has 1 saturated carbocycles. The van der Waals surface area contributed by atoms with Crippen LogP contribution in [0.5, 0.6) is 0 Å². The molecule has 0 unspecified atom stereocenters. The van der Waals surface area contributed by atoms with E-state index in [-0.39, 0.29) is 0 Å². The summed E-state index contributed by atoms with van der Waals surface area (Å²) in [6.45, 7) is 0.511. The average Bonchev–Trinajstić information content (AvgIpc) is 2.13. The quantitative estimate of drug-likeness (QED) is 0.718.